The molecule has 0 heterocycles. The molecular weight excluding hydrogens is 212 g/mol. The summed E-state index contributed by atoms with van der Waals surface area (Å²) in [4.78, 5) is 12.0. The highest BCUT2D eigenvalue weighted by Gasteiger charge is 2.22. The Kier molecular flexibility index (Phi) is 3.62. The molecule has 1 fully saturated rings. The number of carbonyl (C=O) groups excluding carboxylic acids is 1. The number of rotatable bonds is 2. The summed E-state index contributed by atoms with van der Waals surface area (Å²) in [7, 11) is 1.65. The van der Waals surface area contributed by atoms with Crippen LogP contribution in [0.15, 0.2) is 29.8 Å². The molecule has 1 atom stereocenters. The minimum Gasteiger partial charge on any atom is -0.497 e. The molecule has 0 bridgehead atoms. The smallest absolute Gasteiger partial charge is 0.161 e. The third kappa shape index (κ3) is 2.76. The van der Waals surface area contributed by atoms with Crippen LogP contribution in [0.2, 0.25) is 0 Å². The number of carbonyl (C=O) groups is 1. The summed E-state index contributed by atoms with van der Waals surface area (Å²) < 4.78 is 5.11. The number of ketones is 1. The van der Waals surface area contributed by atoms with Crippen LogP contribution in [-0.2, 0) is 4.79 Å². The molecule has 2 rings (SSSR count). The molecule has 0 saturated heterocycles. The van der Waals surface area contributed by atoms with Gasteiger partial charge in [-0.1, -0.05) is 19.1 Å². The van der Waals surface area contributed by atoms with Gasteiger partial charge in [-0.2, -0.15) is 0 Å². The molecule has 1 aliphatic carbocycles. The number of benzene rings is 1. The molecule has 1 aromatic carbocycles. The van der Waals surface area contributed by atoms with E-state index in [1.54, 1.807) is 7.11 Å². The third-order valence-corrected chi connectivity index (χ3v) is 3.30. The third-order valence-electron chi connectivity index (χ3n) is 3.30. The highest BCUT2D eigenvalue weighted by atomic mass is 16.5. The van der Waals surface area contributed by atoms with Crippen molar-refractivity contribution < 1.29 is 9.53 Å². The molecule has 1 saturated carbocycles. The van der Waals surface area contributed by atoms with E-state index in [0.717, 1.165) is 36.1 Å². The van der Waals surface area contributed by atoms with E-state index in [4.69, 9.17) is 4.74 Å². The summed E-state index contributed by atoms with van der Waals surface area (Å²) in [5.41, 5.74) is 2.04. The predicted octanol–water partition coefficient (Wildman–Crippen LogP) is 3.47. The van der Waals surface area contributed by atoms with Gasteiger partial charge >= 0.3 is 0 Å². The van der Waals surface area contributed by atoms with Crippen molar-refractivity contribution >= 4 is 11.9 Å². The Bertz CT molecular complexity index is 429. The first-order valence-corrected chi connectivity index (χ1v) is 6.09. The number of methoxy groups -OCH3 is 1. The van der Waals surface area contributed by atoms with Gasteiger partial charge in [0.2, 0.25) is 0 Å². The quantitative estimate of drug-likeness (QED) is 0.727. The maximum atomic E-state index is 12.0. The maximum absolute atomic E-state index is 12.0. The Morgan fingerprint density at radius 1 is 1.29 bits per heavy atom. The summed E-state index contributed by atoms with van der Waals surface area (Å²) in [5, 5.41) is 0. The molecule has 1 aromatic rings. The van der Waals surface area contributed by atoms with Crippen molar-refractivity contribution in [1.29, 1.82) is 0 Å². The number of hydrogen-bond acceptors (Lipinski definition) is 2. The Morgan fingerprint density at radius 2 is 2.00 bits per heavy atom. The SMILES string of the molecule is COc1ccc(/C=C2\CCC[C@@H](C)C2=O)cc1. The van der Waals surface area contributed by atoms with Crippen molar-refractivity contribution in [3.05, 3.63) is 35.4 Å². The fourth-order valence-electron chi connectivity index (χ4n) is 2.21. The van der Waals surface area contributed by atoms with E-state index in [1.165, 1.54) is 0 Å². The molecular formula is C15H18O2. The zero-order valence-corrected chi connectivity index (χ0v) is 10.4. The molecule has 2 nitrogen and oxygen atoms in total. The zero-order valence-electron chi connectivity index (χ0n) is 10.4. The molecule has 90 valence electrons. The van der Waals surface area contributed by atoms with E-state index in [1.807, 2.05) is 37.3 Å². The summed E-state index contributed by atoms with van der Waals surface area (Å²) >= 11 is 0. The van der Waals surface area contributed by atoms with Crippen molar-refractivity contribution in [2.45, 2.75) is 26.2 Å². The maximum Gasteiger partial charge on any atom is 0.161 e. The molecule has 1 aliphatic rings. The second kappa shape index (κ2) is 5.17. The molecule has 2 heteroatoms. The Hall–Kier alpha value is -1.57. The molecule has 0 amide bonds. The van der Waals surface area contributed by atoms with Gasteiger partial charge in [0.05, 0.1) is 7.11 Å². The van der Waals surface area contributed by atoms with Gasteiger partial charge in [-0.15, -0.1) is 0 Å². The lowest BCUT2D eigenvalue weighted by Gasteiger charge is -2.19. The molecule has 0 radical (unpaired) electrons. The summed E-state index contributed by atoms with van der Waals surface area (Å²) in [6.45, 7) is 2.02. The predicted molar refractivity (Wildman–Crippen MR) is 69.0 cm³/mol. The van der Waals surface area contributed by atoms with Crippen LogP contribution in [-0.4, -0.2) is 12.9 Å². The lowest BCUT2D eigenvalue weighted by atomic mass is 9.84. The van der Waals surface area contributed by atoms with Gasteiger partial charge < -0.3 is 4.74 Å². The van der Waals surface area contributed by atoms with E-state index in [-0.39, 0.29) is 5.92 Å². The van der Waals surface area contributed by atoms with Crippen LogP contribution in [0.5, 0.6) is 5.75 Å². The summed E-state index contributed by atoms with van der Waals surface area (Å²) in [5.74, 6) is 1.34. The van der Waals surface area contributed by atoms with Gasteiger partial charge in [-0.3, -0.25) is 4.79 Å². The molecule has 0 unspecified atom stereocenters. The summed E-state index contributed by atoms with van der Waals surface area (Å²) in [6, 6.07) is 7.81. The van der Waals surface area contributed by atoms with Crippen LogP contribution in [0, 0.1) is 5.92 Å². The lowest BCUT2D eigenvalue weighted by molar-refractivity contribution is -0.119. The largest absolute Gasteiger partial charge is 0.497 e. The molecule has 0 aliphatic heterocycles. The van der Waals surface area contributed by atoms with E-state index < -0.39 is 0 Å². The minimum atomic E-state index is 0.188. The highest BCUT2D eigenvalue weighted by Crippen LogP contribution is 2.26. The van der Waals surface area contributed by atoms with Crippen molar-refractivity contribution in [1.82, 2.24) is 0 Å². The fourth-order valence-corrected chi connectivity index (χ4v) is 2.21. The van der Waals surface area contributed by atoms with Gasteiger partial charge in [0.25, 0.3) is 0 Å². The van der Waals surface area contributed by atoms with E-state index >= 15 is 0 Å². The number of Topliss-reactive ketones (excluding diaryl/α,β-unsaturated/α-hetero) is 1. The van der Waals surface area contributed by atoms with Crippen molar-refractivity contribution in [2.75, 3.05) is 7.11 Å². The summed E-state index contributed by atoms with van der Waals surface area (Å²) in [6.07, 6.45) is 5.07. The number of ether oxygens (including phenoxy) is 1. The van der Waals surface area contributed by atoms with Crippen molar-refractivity contribution in [3.8, 4) is 5.75 Å². The van der Waals surface area contributed by atoms with E-state index in [0.29, 0.717) is 5.78 Å². The topological polar surface area (TPSA) is 26.3 Å². The van der Waals surface area contributed by atoms with Crippen LogP contribution >= 0.6 is 0 Å². The normalized spacial score (nSPS) is 22.8. The van der Waals surface area contributed by atoms with Crippen LogP contribution in [0.3, 0.4) is 0 Å². The zero-order chi connectivity index (χ0) is 12.3. The monoisotopic (exact) mass is 230 g/mol. The second-order valence-corrected chi connectivity index (χ2v) is 4.60. The standard InChI is InChI=1S/C15H18O2/c1-11-4-3-5-13(15(11)16)10-12-6-8-14(17-2)9-7-12/h6-11H,3-5H2,1-2H3/b13-10+/t11-/m1/s1. The molecule has 17 heavy (non-hydrogen) atoms. The first-order chi connectivity index (χ1) is 8.20. The first-order valence-electron chi connectivity index (χ1n) is 6.09. The van der Waals surface area contributed by atoms with Crippen molar-refractivity contribution in [2.24, 2.45) is 5.92 Å². The Morgan fingerprint density at radius 3 is 2.65 bits per heavy atom. The van der Waals surface area contributed by atoms with Gasteiger partial charge in [0.15, 0.2) is 5.78 Å². The average molecular weight is 230 g/mol. The first kappa shape index (κ1) is 11.9. The van der Waals surface area contributed by atoms with E-state index in [9.17, 15) is 4.79 Å². The van der Waals surface area contributed by atoms with E-state index in [2.05, 4.69) is 0 Å². The molecule has 0 aromatic heterocycles. The van der Waals surface area contributed by atoms with Crippen LogP contribution in [0.25, 0.3) is 6.08 Å². The van der Waals surface area contributed by atoms with Crippen LogP contribution < -0.4 is 4.74 Å². The minimum absolute atomic E-state index is 0.188. The van der Waals surface area contributed by atoms with Gasteiger partial charge in [-0.25, -0.2) is 0 Å². The number of allylic oxidation sites excluding steroid dienone is 1. The Balaban J connectivity index is 2.19. The Labute approximate surface area is 102 Å². The van der Waals surface area contributed by atoms with Gasteiger partial charge in [-0.05, 0) is 48.6 Å². The van der Waals surface area contributed by atoms with Crippen LogP contribution in [0.1, 0.15) is 31.7 Å². The van der Waals surface area contributed by atoms with Crippen molar-refractivity contribution in [3.63, 3.8) is 0 Å². The van der Waals surface area contributed by atoms with Gasteiger partial charge in [0.1, 0.15) is 5.75 Å². The number of hydrogen-bond donors (Lipinski definition) is 0. The molecule has 0 N–H and O–H groups in total. The van der Waals surface area contributed by atoms with Gasteiger partial charge in [0, 0.05) is 5.92 Å². The molecule has 0 spiro atoms. The highest BCUT2D eigenvalue weighted by molar-refractivity contribution is 6.01. The van der Waals surface area contributed by atoms with Crippen LogP contribution in [0.4, 0.5) is 0 Å². The second-order valence-electron chi connectivity index (χ2n) is 4.60. The lowest BCUT2D eigenvalue weighted by Crippen LogP contribution is -2.18. The average Bonchev–Trinajstić information content (AvgIpc) is 2.36. The fraction of sp³-hybridized carbons (Fsp3) is 0.400.